The van der Waals surface area contributed by atoms with Crippen molar-refractivity contribution in [3.63, 3.8) is 0 Å². The molecule has 0 saturated carbocycles. The van der Waals surface area contributed by atoms with Crippen LogP contribution in [0.1, 0.15) is 26.5 Å². The summed E-state index contributed by atoms with van der Waals surface area (Å²) < 4.78 is 0. The van der Waals surface area contributed by atoms with Crippen LogP contribution in [-0.4, -0.2) is 18.1 Å². The van der Waals surface area contributed by atoms with E-state index in [1.165, 1.54) is 5.69 Å². The predicted octanol–water partition coefficient (Wildman–Crippen LogP) is 2.57. The Bertz CT molecular complexity index is 231. The van der Waals surface area contributed by atoms with Crippen molar-refractivity contribution in [2.75, 3.05) is 13.1 Å². The summed E-state index contributed by atoms with van der Waals surface area (Å²) >= 11 is 1.69. The fourth-order valence-electron chi connectivity index (χ4n) is 1.48. The van der Waals surface area contributed by atoms with Crippen LogP contribution in [0.4, 0.5) is 0 Å². The molecule has 0 radical (unpaired) electrons. The molecule has 0 saturated heterocycles. The van der Waals surface area contributed by atoms with E-state index < -0.39 is 0 Å². The molecule has 0 aliphatic heterocycles. The first-order chi connectivity index (χ1) is 6.74. The minimum atomic E-state index is 0.706. The summed E-state index contributed by atoms with van der Waals surface area (Å²) in [4.78, 5) is 4.34. The van der Waals surface area contributed by atoms with Gasteiger partial charge in [-0.05, 0) is 31.3 Å². The number of hydrogen-bond donors (Lipinski definition) is 1. The lowest BCUT2D eigenvalue weighted by atomic mass is 9.91. The van der Waals surface area contributed by atoms with Crippen LogP contribution in [0.25, 0.3) is 0 Å². The molecular formula is C11H20N2S. The van der Waals surface area contributed by atoms with Crippen molar-refractivity contribution in [1.82, 2.24) is 10.3 Å². The van der Waals surface area contributed by atoms with Crippen molar-refractivity contribution in [2.45, 2.75) is 27.2 Å². The molecule has 1 heterocycles. The molecule has 0 bridgehead atoms. The molecule has 1 aromatic rings. The third-order valence-corrected chi connectivity index (χ3v) is 3.19. The highest BCUT2D eigenvalue weighted by Crippen LogP contribution is 2.16. The van der Waals surface area contributed by atoms with Crippen LogP contribution in [0.5, 0.6) is 0 Å². The van der Waals surface area contributed by atoms with Gasteiger partial charge in [0.25, 0.3) is 0 Å². The molecule has 2 nitrogen and oxygen atoms in total. The highest BCUT2D eigenvalue weighted by molar-refractivity contribution is 7.07. The van der Waals surface area contributed by atoms with Crippen LogP contribution in [0, 0.1) is 11.8 Å². The standard InChI is InChI=1S/C11H20N2S/c1-4-12-6-10(9(2)3)5-11-7-14-8-13-11/h7-10,12H,4-6H2,1-3H3. The fraction of sp³-hybridized carbons (Fsp3) is 0.727. The van der Waals surface area contributed by atoms with Crippen LogP contribution in [0.15, 0.2) is 10.9 Å². The average molecular weight is 212 g/mol. The number of rotatable bonds is 6. The van der Waals surface area contributed by atoms with E-state index in [9.17, 15) is 0 Å². The van der Waals surface area contributed by atoms with Crippen LogP contribution < -0.4 is 5.32 Å². The van der Waals surface area contributed by atoms with E-state index in [4.69, 9.17) is 0 Å². The van der Waals surface area contributed by atoms with Crippen molar-refractivity contribution < 1.29 is 0 Å². The van der Waals surface area contributed by atoms with E-state index >= 15 is 0 Å². The molecule has 80 valence electrons. The maximum absolute atomic E-state index is 4.34. The van der Waals surface area contributed by atoms with Crippen LogP contribution in [-0.2, 0) is 6.42 Å². The van der Waals surface area contributed by atoms with Crippen molar-refractivity contribution in [1.29, 1.82) is 0 Å². The molecule has 14 heavy (non-hydrogen) atoms. The topological polar surface area (TPSA) is 24.9 Å². The Hall–Kier alpha value is -0.410. The number of hydrogen-bond acceptors (Lipinski definition) is 3. The van der Waals surface area contributed by atoms with Gasteiger partial charge in [0.15, 0.2) is 0 Å². The van der Waals surface area contributed by atoms with Gasteiger partial charge in [-0.25, -0.2) is 4.98 Å². The minimum Gasteiger partial charge on any atom is -0.317 e. The van der Waals surface area contributed by atoms with Gasteiger partial charge in [-0.2, -0.15) is 0 Å². The molecule has 1 unspecified atom stereocenters. The van der Waals surface area contributed by atoms with Gasteiger partial charge in [0.1, 0.15) is 0 Å². The second-order valence-electron chi connectivity index (χ2n) is 4.00. The molecule has 1 atom stereocenters. The Kier molecular flexibility index (Phi) is 5.12. The predicted molar refractivity (Wildman–Crippen MR) is 62.7 cm³/mol. The van der Waals surface area contributed by atoms with Crippen molar-refractivity contribution in [3.8, 4) is 0 Å². The lowest BCUT2D eigenvalue weighted by Gasteiger charge is -2.20. The van der Waals surface area contributed by atoms with Crippen molar-refractivity contribution >= 4 is 11.3 Å². The summed E-state index contributed by atoms with van der Waals surface area (Å²) in [5.74, 6) is 1.42. The number of nitrogens with one attached hydrogen (secondary N) is 1. The van der Waals surface area contributed by atoms with Gasteiger partial charge in [0.2, 0.25) is 0 Å². The van der Waals surface area contributed by atoms with Gasteiger partial charge in [0.05, 0.1) is 11.2 Å². The van der Waals surface area contributed by atoms with Gasteiger partial charge >= 0.3 is 0 Å². The lowest BCUT2D eigenvalue weighted by Crippen LogP contribution is -2.27. The zero-order valence-corrected chi connectivity index (χ0v) is 10.1. The molecule has 1 N–H and O–H groups in total. The summed E-state index contributed by atoms with van der Waals surface area (Å²) in [6, 6.07) is 0. The molecule has 0 spiro atoms. The summed E-state index contributed by atoms with van der Waals surface area (Å²) in [7, 11) is 0. The van der Waals surface area contributed by atoms with Crippen LogP contribution >= 0.6 is 11.3 Å². The number of nitrogens with zero attached hydrogens (tertiary/aromatic N) is 1. The molecule has 1 aromatic heterocycles. The van der Waals surface area contributed by atoms with E-state index in [0.29, 0.717) is 5.92 Å². The minimum absolute atomic E-state index is 0.706. The van der Waals surface area contributed by atoms with E-state index in [1.54, 1.807) is 11.3 Å². The van der Waals surface area contributed by atoms with Gasteiger partial charge in [-0.3, -0.25) is 0 Å². The molecule has 0 aromatic carbocycles. The highest BCUT2D eigenvalue weighted by Gasteiger charge is 2.14. The normalized spacial score (nSPS) is 13.4. The van der Waals surface area contributed by atoms with Gasteiger partial charge in [0, 0.05) is 5.38 Å². The third kappa shape index (κ3) is 3.76. The first-order valence-corrected chi connectivity index (χ1v) is 6.26. The Morgan fingerprint density at radius 1 is 1.50 bits per heavy atom. The Morgan fingerprint density at radius 3 is 2.79 bits per heavy atom. The third-order valence-electron chi connectivity index (χ3n) is 2.55. The molecule has 0 amide bonds. The quantitative estimate of drug-likeness (QED) is 0.784. The second-order valence-corrected chi connectivity index (χ2v) is 4.71. The first kappa shape index (κ1) is 11.7. The highest BCUT2D eigenvalue weighted by atomic mass is 32.1. The SMILES string of the molecule is CCNCC(Cc1cscn1)C(C)C. The Morgan fingerprint density at radius 2 is 2.29 bits per heavy atom. The van der Waals surface area contributed by atoms with E-state index in [0.717, 1.165) is 25.4 Å². The second kappa shape index (κ2) is 6.14. The monoisotopic (exact) mass is 212 g/mol. The molecule has 0 aliphatic rings. The Balaban J connectivity index is 2.43. The summed E-state index contributed by atoms with van der Waals surface area (Å²) in [5.41, 5.74) is 3.16. The molecular weight excluding hydrogens is 192 g/mol. The zero-order chi connectivity index (χ0) is 10.4. The molecule has 3 heteroatoms. The molecule has 1 rings (SSSR count). The zero-order valence-electron chi connectivity index (χ0n) is 9.29. The number of aromatic nitrogens is 1. The summed E-state index contributed by atoms with van der Waals surface area (Å²) in [6.07, 6.45) is 1.11. The number of thiazole rings is 1. The van der Waals surface area contributed by atoms with E-state index in [1.807, 2.05) is 5.51 Å². The van der Waals surface area contributed by atoms with Crippen molar-refractivity contribution in [2.24, 2.45) is 11.8 Å². The molecule has 0 aliphatic carbocycles. The van der Waals surface area contributed by atoms with E-state index in [-0.39, 0.29) is 0 Å². The lowest BCUT2D eigenvalue weighted by molar-refractivity contribution is 0.361. The van der Waals surface area contributed by atoms with Gasteiger partial charge < -0.3 is 5.32 Å². The first-order valence-electron chi connectivity index (χ1n) is 5.31. The average Bonchev–Trinajstić information content (AvgIpc) is 2.64. The fourth-order valence-corrected chi connectivity index (χ4v) is 2.05. The van der Waals surface area contributed by atoms with Crippen LogP contribution in [0.3, 0.4) is 0 Å². The van der Waals surface area contributed by atoms with Crippen LogP contribution in [0.2, 0.25) is 0 Å². The van der Waals surface area contributed by atoms with E-state index in [2.05, 4.69) is 36.5 Å². The largest absolute Gasteiger partial charge is 0.317 e. The Labute approximate surface area is 90.8 Å². The maximum atomic E-state index is 4.34. The summed E-state index contributed by atoms with van der Waals surface area (Å²) in [5, 5.41) is 5.57. The molecule has 0 fully saturated rings. The summed E-state index contributed by atoms with van der Waals surface area (Å²) in [6.45, 7) is 8.88. The smallest absolute Gasteiger partial charge is 0.0794 e. The maximum Gasteiger partial charge on any atom is 0.0794 e. The van der Waals surface area contributed by atoms with Gasteiger partial charge in [-0.1, -0.05) is 20.8 Å². The van der Waals surface area contributed by atoms with Gasteiger partial charge in [-0.15, -0.1) is 11.3 Å². The van der Waals surface area contributed by atoms with Crippen molar-refractivity contribution in [3.05, 3.63) is 16.6 Å².